The van der Waals surface area contributed by atoms with Crippen LogP contribution in [0.15, 0.2) is 59.6 Å². The van der Waals surface area contributed by atoms with Crippen molar-refractivity contribution in [3.05, 3.63) is 70.9 Å². The molecular weight excluding hydrogens is 451 g/mol. The molecule has 1 aliphatic rings. The number of fused-ring (bicyclic) bond motifs is 1. The Kier molecular flexibility index (Phi) is 5.95. The van der Waals surface area contributed by atoms with Gasteiger partial charge in [0.25, 0.3) is 0 Å². The van der Waals surface area contributed by atoms with Gasteiger partial charge in [0, 0.05) is 49.3 Å². The minimum absolute atomic E-state index is 0.0977. The number of aromatic nitrogens is 1. The van der Waals surface area contributed by atoms with Gasteiger partial charge in [0.1, 0.15) is 0 Å². The molecule has 0 spiro atoms. The molecule has 31 heavy (non-hydrogen) atoms. The number of benzene rings is 2. The molecule has 0 saturated carbocycles. The zero-order chi connectivity index (χ0) is 22.2. The number of para-hydroxylation sites is 1. The molecule has 164 valence electrons. The van der Waals surface area contributed by atoms with Gasteiger partial charge in [-0.1, -0.05) is 35.9 Å². The number of sulfonamides is 1. The topological polar surface area (TPSA) is 53.5 Å². The smallest absolute Gasteiger partial charge is 0.296 e. The fourth-order valence-corrected chi connectivity index (χ4v) is 5.54. The van der Waals surface area contributed by atoms with E-state index in [0.717, 1.165) is 32.9 Å². The summed E-state index contributed by atoms with van der Waals surface area (Å²) in [6.45, 7) is 1.58. The monoisotopic (exact) mass is 469 g/mol. The largest absolute Gasteiger partial charge is 0.417 e. The molecule has 0 bridgehead atoms. The van der Waals surface area contributed by atoms with E-state index in [9.17, 15) is 21.6 Å². The molecule has 4 rings (SSSR count). The Morgan fingerprint density at radius 1 is 1.00 bits per heavy atom. The fraction of sp³-hybridized carbons (Fsp3) is 0.286. The van der Waals surface area contributed by atoms with Gasteiger partial charge in [-0.05, 0) is 29.8 Å². The summed E-state index contributed by atoms with van der Waals surface area (Å²) < 4.78 is 67.2. The molecule has 1 saturated heterocycles. The Labute approximate surface area is 183 Å². The van der Waals surface area contributed by atoms with Gasteiger partial charge < -0.3 is 0 Å². The van der Waals surface area contributed by atoms with Crippen molar-refractivity contribution < 1.29 is 21.6 Å². The standard InChI is InChI=1S/C21H19ClF3N3O2S/c22-17-6-7-19(18(13-17)21(23,24)25)31(29,30)28-11-9-27(10-12-28)14-16-4-1-3-15-5-2-8-26-20(15)16/h1-8,13H,9-12,14H2. The third kappa shape index (κ3) is 4.55. The van der Waals surface area contributed by atoms with Crippen LogP contribution in [0.4, 0.5) is 13.2 Å². The van der Waals surface area contributed by atoms with Gasteiger partial charge in [-0.2, -0.15) is 17.5 Å². The zero-order valence-corrected chi connectivity index (χ0v) is 17.9. The van der Waals surface area contributed by atoms with Crippen LogP contribution in [0.25, 0.3) is 10.9 Å². The van der Waals surface area contributed by atoms with Crippen LogP contribution in [0.5, 0.6) is 0 Å². The summed E-state index contributed by atoms with van der Waals surface area (Å²) in [6.07, 6.45) is -3.10. The molecule has 0 unspecified atom stereocenters. The molecule has 0 radical (unpaired) electrons. The molecule has 0 amide bonds. The van der Waals surface area contributed by atoms with Crippen molar-refractivity contribution in [1.29, 1.82) is 0 Å². The number of alkyl halides is 3. The maximum absolute atomic E-state index is 13.4. The molecule has 5 nitrogen and oxygen atoms in total. The summed E-state index contributed by atoms with van der Waals surface area (Å²) in [5, 5.41) is 0.850. The Morgan fingerprint density at radius 2 is 1.71 bits per heavy atom. The summed E-state index contributed by atoms with van der Waals surface area (Å²) in [4.78, 5) is 5.73. The van der Waals surface area contributed by atoms with Crippen LogP contribution in [0.1, 0.15) is 11.1 Å². The lowest BCUT2D eigenvalue weighted by Gasteiger charge is -2.34. The van der Waals surface area contributed by atoms with Crippen molar-refractivity contribution in [2.24, 2.45) is 0 Å². The van der Waals surface area contributed by atoms with Gasteiger partial charge in [-0.3, -0.25) is 9.88 Å². The Balaban J connectivity index is 1.51. The molecular formula is C21H19ClF3N3O2S. The Morgan fingerprint density at radius 3 is 2.42 bits per heavy atom. The average Bonchev–Trinajstić information content (AvgIpc) is 2.73. The maximum atomic E-state index is 13.4. The number of hydrogen-bond donors (Lipinski definition) is 0. The maximum Gasteiger partial charge on any atom is 0.417 e. The van der Waals surface area contributed by atoms with E-state index < -0.39 is 26.7 Å². The summed E-state index contributed by atoms with van der Waals surface area (Å²) in [5.74, 6) is 0. The van der Waals surface area contributed by atoms with Gasteiger partial charge in [0.05, 0.1) is 16.0 Å². The minimum Gasteiger partial charge on any atom is -0.296 e. The second-order valence-electron chi connectivity index (χ2n) is 7.31. The SMILES string of the molecule is O=S(=O)(c1ccc(Cl)cc1C(F)(F)F)N1CCN(Cc2cccc3cccnc23)CC1. The van der Waals surface area contributed by atoms with Crippen molar-refractivity contribution in [1.82, 2.24) is 14.2 Å². The van der Waals surface area contributed by atoms with Crippen molar-refractivity contribution in [2.75, 3.05) is 26.2 Å². The van der Waals surface area contributed by atoms with E-state index in [1.165, 1.54) is 0 Å². The quantitative estimate of drug-likeness (QED) is 0.568. The highest BCUT2D eigenvalue weighted by atomic mass is 35.5. The molecule has 2 aromatic carbocycles. The van der Waals surface area contributed by atoms with Crippen LogP contribution in [0, 0.1) is 0 Å². The van der Waals surface area contributed by atoms with E-state index in [0.29, 0.717) is 25.7 Å². The van der Waals surface area contributed by atoms with Crippen LogP contribution in [0.2, 0.25) is 5.02 Å². The van der Waals surface area contributed by atoms with Gasteiger partial charge in [-0.15, -0.1) is 0 Å². The number of piperazine rings is 1. The van der Waals surface area contributed by atoms with E-state index in [1.807, 2.05) is 30.3 Å². The third-order valence-electron chi connectivity index (χ3n) is 5.31. The first-order valence-electron chi connectivity index (χ1n) is 9.58. The first-order valence-corrected chi connectivity index (χ1v) is 11.4. The van der Waals surface area contributed by atoms with Crippen LogP contribution >= 0.6 is 11.6 Å². The van der Waals surface area contributed by atoms with Crippen LogP contribution < -0.4 is 0 Å². The Hall–Kier alpha value is -2.20. The zero-order valence-electron chi connectivity index (χ0n) is 16.3. The van der Waals surface area contributed by atoms with Crippen LogP contribution in [-0.4, -0.2) is 48.8 Å². The molecule has 1 aliphatic heterocycles. The number of pyridine rings is 1. The first-order chi connectivity index (χ1) is 14.7. The normalized spacial score (nSPS) is 16.6. The average molecular weight is 470 g/mol. The lowest BCUT2D eigenvalue weighted by atomic mass is 10.1. The number of halogens is 4. The van der Waals surface area contributed by atoms with Crippen LogP contribution in [0.3, 0.4) is 0 Å². The molecule has 3 aromatic rings. The highest BCUT2D eigenvalue weighted by Crippen LogP contribution is 2.37. The molecule has 1 fully saturated rings. The number of hydrogen-bond acceptors (Lipinski definition) is 4. The third-order valence-corrected chi connectivity index (χ3v) is 7.50. The number of rotatable bonds is 4. The van der Waals surface area contributed by atoms with E-state index in [1.54, 1.807) is 6.20 Å². The second kappa shape index (κ2) is 8.38. The summed E-state index contributed by atoms with van der Waals surface area (Å²) in [7, 11) is -4.31. The second-order valence-corrected chi connectivity index (χ2v) is 9.65. The van der Waals surface area contributed by atoms with Crippen molar-refractivity contribution in [2.45, 2.75) is 17.6 Å². The molecule has 2 heterocycles. The van der Waals surface area contributed by atoms with E-state index in [-0.39, 0.29) is 18.1 Å². The van der Waals surface area contributed by atoms with Crippen molar-refractivity contribution >= 4 is 32.5 Å². The highest BCUT2D eigenvalue weighted by Gasteiger charge is 2.40. The minimum atomic E-state index is -4.82. The van der Waals surface area contributed by atoms with Gasteiger partial charge in [-0.25, -0.2) is 8.42 Å². The molecule has 10 heteroatoms. The molecule has 1 aromatic heterocycles. The molecule has 0 atom stereocenters. The van der Waals surface area contributed by atoms with Gasteiger partial charge in [0.2, 0.25) is 10.0 Å². The first kappa shape index (κ1) is 22.0. The highest BCUT2D eigenvalue weighted by molar-refractivity contribution is 7.89. The van der Waals surface area contributed by atoms with Gasteiger partial charge in [0.15, 0.2) is 0 Å². The van der Waals surface area contributed by atoms with Crippen LogP contribution in [-0.2, 0) is 22.7 Å². The van der Waals surface area contributed by atoms with E-state index >= 15 is 0 Å². The summed E-state index contributed by atoms with van der Waals surface area (Å²) in [6, 6.07) is 12.5. The van der Waals surface area contributed by atoms with Gasteiger partial charge >= 0.3 is 6.18 Å². The van der Waals surface area contributed by atoms with E-state index in [4.69, 9.17) is 11.6 Å². The van der Waals surface area contributed by atoms with Crippen molar-refractivity contribution in [3.63, 3.8) is 0 Å². The predicted molar refractivity (Wildman–Crippen MR) is 112 cm³/mol. The Bertz CT molecular complexity index is 1200. The van der Waals surface area contributed by atoms with Crippen molar-refractivity contribution in [3.8, 4) is 0 Å². The van der Waals surface area contributed by atoms with E-state index in [2.05, 4.69) is 9.88 Å². The molecule has 0 aliphatic carbocycles. The summed E-state index contributed by atoms with van der Waals surface area (Å²) >= 11 is 5.68. The summed E-state index contributed by atoms with van der Waals surface area (Å²) in [5.41, 5.74) is 0.659. The number of nitrogens with zero attached hydrogens (tertiary/aromatic N) is 3. The fourth-order valence-electron chi connectivity index (χ4n) is 3.75. The molecule has 0 N–H and O–H groups in total. The lowest BCUT2D eigenvalue weighted by molar-refractivity contribution is -0.139. The predicted octanol–water partition coefficient (Wildman–Crippen LogP) is 4.41. The lowest BCUT2D eigenvalue weighted by Crippen LogP contribution is -2.48.